The maximum absolute atomic E-state index is 10.8. The zero-order valence-electron chi connectivity index (χ0n) is 11.3. The largest absolute Gasteiger partial charge is 0.496 e. The summed E-state index contributed by atoms with van der Waals surface area (Å²) in [6, 6.07) is 13.0. The van der Waals surface area contributed by atoms with Crippen LogP contribution in [0, 0.1) is 21.4 Å². The predicted octanol–water partition coefficient (Wildman–Crippen LogP) is 3.05. The predicted molar refractivity (Wildman–Crippen MR) is 75.1 cm³/mol. The first kappa shape index (κ1) is 14.3. The monoisotopic (exact) mass is 284 g/mol. The van der Waals surface area contributed by atoms with Crippen LogP contribution >= 0.6 is 0 Å². The minimum atomic E-state index is -0.473. The zero-order chi connectivity index (χ0) is 15.2. The molecule has 0 heterocycles. The average Bonchev–Trinajstić information content (AvgIpc) is 2.52. The van der Waals surface area contributed by atoms with E-state index >= 15 is 0 Å². The Bertz CT molecular complexity index is 707. The number of hydrogen-bond donors (Lipinski definition) is 0. The normalized spacial score (nSPS) is 9.71. The van der Waals surface area contributed by atoms with Gasteiger partial charge in [0.05, 0.1) is 23.7 Å². The number of ether oxygens (including phenoxy) is 2. The smallest absolute Gasteiger partial charge is 0.270 e. The van der Waals surface area contributed by atoms with Crippen molar-refractivity contribution in [3.63, 3.8) is 0 Å². The fourth-order valence-electron chi connectivity index (χ4n) is 1.81. The molecule has 0 aliphatic heterocycles. The van der Waals surface area contributed by atoms with E-state index in [2.05, 4.69) is 0 Å². The topological polar surface area (TPSA) is 85.4 Å². The van der Waals surface area contributed by atoms with Gasteiger partial charge in [0.1, 0.15) is 18.1 Å². The first-order chi connectivity index (χ1) is 10.1. The summed E-state index contributed by atoms with van der Waals surface area (Å²) < 4.78 is 10.7. The SMILES string of the molecule is COc1ccc([N+](=O)[O-])cc1COc1cccc(C#N)c1. The molecule has 0 amide bonds. The van der Waals surface area contributed by atoms with Crippen molar-refractivity contribution in [1.29, 1.82) is 5.26 Å². The highest BCUT2D eigenvalue weighted by molar-refractivity contribution is 5.44. The van der Waals surface area contributed by atoms with Crippen LogP contribution in [0.5, 0.6) is 11.5 Å². The van der Waals surface area contributed by atoms with Crippen LogP contribution in [0.25, 0.3) is 0 Å². The number of nitro groups is 1. The number of nitriles is 1. The Morgan fingerprint density at radius 1 is 1.29 bits per heavy atom. The Kier molecular flexibility index (Phi) is 4.36. The molecule has 0 N–H and O–H groups in total. The summed E-state index contributed by atoms with van der Waals surface area (Å²) in [5.41, 5.74) is 1.02. The highest BCUT2D eigenvalue weighted by atomic mass is 16.6. The lowest BCUT2D eigenvalue weighted by Crippen LogP contribution is -2.00. The molecule has 0 saturated heterocycles. The van der Waals surface area contributed by atoms with Crippen molar-refractivity contribution < 1.29 is 14.4 Å². The molecule has 0 aliphatic rings. The molecule has 0 aliphatic carbocycles. The molecular weight excluding hydrogens is 272 g/mol. The van der Waals surface area contributed by atoms with E-state index in [1.165, 1.54) is 25.3 Å². The lowest BCUT2D eigenvalue weighted by molar-refractivity contribution is -0.385. The van der Waals surface area contributed by atoms with Crippen LogP contribution in [-0.2, 0) is 6.61 Å². The molecule has 106 valence electrons. The lowest BCUT2D eigenvalue weighted by Gasteiger charge is -2.10. The van der Waals surface area contributed by atoms with E-state index < -0.39 is 4.92 Å². The van der Waals surface area contributed by atoms with Gasteiger partial charge in [-0.25, -0.2) is 0 Å². The molecule has 0 saturated carbocycles. The Balaban J connectivity index is 2.20. The van der Waals surface area contributed by atoms with E-state index in [0.29, 0.717) is 22.6 Å². The number of hydrogen-bond acceptors (Lipinski definition) is 5. The molecule has 2 rings (SSSR count). The van der Waals surface area contributed by atoms with Crippen LogP contribution in [0.3, 0.4) is 0 Å². The summed E-state index contributed by atoms with van der Waals surface area (Å²) in [6.07, 6.45) is 0. The van der Waals surface area contributed by atoms with Gasteiger partial charge in [0.2, 0.25) is 0 Å². The standard InChI is InChI=1S/C15H12N2O4/c1-20-15-6-5-13(17(18)19)8-12(15)10-21-14-4-2-3-11(7-14)9-16/h2-8H,10H2,1H3. The van der Waals surface area contributed by atoms with Crippen molar-refractivity contribution >= 4 is 5.69 Å². The van der Waals surface area contributed by atoms with Gasteiger partial charge in [0, 0.05) is 17.7 Å². The lowest BCUT2D eigenvalue weighted by atomic mass is 10.2. The van der Waals surface area contributed by atoms with E-state index in [0.717, 1.165) is 0 Å². The van der Waals surface area contributed by atoms with E-state index in [9.17, 15) is 10.1 Å². The summed E-state index contributed by atoms with van der Waals surface area (Å²) in [7, 11) is 1.49. The van der Waals surface area contributed by atoms with Gasteiger partial charge in [-0.1, -0.05) is 6.07 Å². The Morgan fingerprint density at radius 2 is 2.10 bits per heavy atom. The number of non-ortho nitro benzene ring substituents is 1. The van der Waals surface area contributed by atoms with E-state index in [1.54, 1.807) is 24.3 Å². The van der Waals surface area contributed by atoms with Crippen molar-refractivity contribution in [3.05, 3.63) is 63.7 Å². The molecule has 0 unspecified atom stereocenters. The zero-order valence-corrected chi connectivity index (χ0v) is 11.3. The second-order valence-corrected chi connectivity index (χ2v) is 4.18. The highest BCUT2D eigenvalue weighted by Crippen LogP contribution is 2.25. The van der Waals surface area contributed by atoms with Gasteiger partial charge in [-0.05, 0) is 24.3 Å². The van der Waals surface area contributed by atoms with Crippen LogP contribution in [0.15, 0.2) is 42.5 Å². The summed E-state index contributed by atoms with van der Waals surface area (Å²) >= 11 is 0. The van der Waals surface area contributed by atoms with Crippen LogP contribution in [0.4, 0.5) is 5.69 Å². The fraction of sp³-hybridized carbons (Fsp3) is 0.133. The number of methoxy groups -OCH3 is 1. The van der Waals surface area contributed by atoms with Crippen LogP contribution in [0.1, 0.15) is 11.1 Å². The molecule has 6 heteroatoms. The number of benzene rings is 2. The van der Waals surface area contributed by atoms with E-state index in [-0.39, 0.29) is 12.3 Å². The van der Waals surface area contributed by atoms with Crippen molar-refractivity contribution in [2.75, 3.05) is 7.11 Å². The molecule has 2 aromatic carbocycles. The first-order valence-electron chi connectivity index (χ1n) is 6.08. The summed E-state index contributed by atoms with van der Waals surface area (Å²) in [6.45, 7) is 0.111. The molecule has 21 heavy (non-hydrogen) atoms. The van der Waals surface area contributed by atoms with Gasteiger partial charge in [-0.2, -0.15) is 5.26 Å². The number of rotatable bonds is 5. The summed E-state index contributed by atoms with van der Waals surface area (Å²) in [5, 5.41) is 19.6. The van der Waals surface area contributed by atoms with Crippen molar-refractivity contribution in [3.8, 4) is 17.6 Å². The van der Waals surface area contributed by atoms with Gasteiger partial charge in [0.15, 0.2) is 0 Å². The number of nitro benzene ring substituents is 1. The molecule has 0 bridgehead atoms. The number of nitrogens with zero attached hydrogens (tertiary/aromatic N) is 2. The maximum Gasteiger partial charge on any atom is 0.270 e. The average molecular weight is 284 g/mol. The molecule has 0 fully saturated rings. The Hall–Kier alpha value is -3.07. The van der Waals surface area contributed by atoms with Gasteiger partial charge in [0.25, 0.3) is 5.69 Å². The van der Waals surface area contributed by atoms with Crippen molar-refractivity contribution in [2.45, 2.75) is 6.61 Å². The molecule has 6 nitrogen and oxygen atoms in total. The third-order valence-electron chi connectivity index (χ3n) is 2.83. The minimum absolute atomic E-state index is 0.0276. The van der Waals surface area contributed by atoms with Crippen molar-refractivity contribution in [2.24, 2.45) is 0 Å². The molecule has 0 aromatic heterocycles. The van der Waals surface area contributed by atoms with Gasteiger partial charge < -0.3 is 9.47 Å². The molecular formula is C15H12N2O4. The fourth-order valence-corrected chi connectivity index (χ4v) is 1.81. The van der Waals surface area contributed by atoms with E-state index in [1.807, 2.05) is 6.07 Å². The highest BCUT2D eigenvalue weighted by Gasteiger charge is 2.12. The second-order valence-electron chi connectivity index (χ2n) is 4.18. The third-order valence-corrected chi connectivity index (χ3v) is 2.83. The van der Waals surface area contributed by atoms with Crippen LogP contribution < -0.4 is 9.47 Å². The minimum Gasteiger partial charge on any atom is -0.496 e. The van der Waals surface area contributed by atoms with Crippen molar-refractivity contribution in [1.82, 2.24) is 0 Å². The van der Waals surface area contributed by atoms with Gasteiger partial charge >= 0.3 is 0 Å². The Labute approximate surface area is 121 Å². The van der Waals surface area contributed by atoms with Crippen LogP contribution in [-0.4, -0.2) is 12.0 Å². The van der Waals surface area contributed by atoms with Gasteiger partial charge in [-0.3, -0.25) is 10.1 Å². The maximum atomic E-state index is 10.8. The Morgan fingerprint density at radius 3 is 2.76 bits per heavy atom. The molecule has 0 spiro atoms. The summed E-state index contributed by atoms with van der Waals surface area (Å²) in [5.74, 6) is 1.03. The second kappa shape index (κ2) is 6.39. The quantitative estimate of drug-likeness (QED) is 0.622. The molecule has 2 aromatic rings. The van der Waals surface area contributed by atoms with Crippen LogP contribution in [0.2, 0.25) is 0 Å². The molecule has 0 atom stereocenters. The van der Waals surface area contributed by atoms with Gasteiger partial charge in [-0.15, -0.1) is 0 Å². The first-order valence-corrected chi connectivity index (χ1v) is 6.08. The van der Waals surface area contributed by atoms with E-state index in [4.69, 9.17) is 14.7 Å². The molecule has 0 radical (unpaired) electrons. The third kappa shape index (κ3) is 3.48. The summed E-state index contributed by atoms with van der Waals surface area (Å²) in [4.78, 5) is 10.3.